The third kappa shape index (κ3) is 2.69. The first-order valence-corrected chi connectivity index (χ1v) is 6.45. The zero-order chi connectivity index (χ0) is 14.8. The fourth-order valence-electron chi connectivity index (χ4n) is 2.13. The molecule has 6 nitrogen and oxygen atoms in total. The highest BCUT2D eigenvalue weighted by molar-refractivity contribution is 5.87. The van der Waals surface area contributed by atoms with Crippen molar-refractivity contribution in [2.75, 3.05) is 5.43 Å². The van der Waals surface area contributed by atoms with E-state index in [-0.39, 0.29) is 12.3 Å². The predicted molar refractivity (Wildman–Crippen MR) is 77.5 cm³/mol. The van der Waals surface area contributed by atoms with Crippen molar-refractivity contribution in [1.29, 1.82) is 0 Å². The Labute approximate surface area is 120 Å². The van der Waals surface area contributed by atoms with Gasteiger partial charge < -0.3 is 4.42 Å². The maximum atomic E-state index is 12.0. The molecule has 0 spiro atoms. The van der Waals surface area contributed by atoms with Crippen molar-refractivity contribution < 1.29 is 9.21 Å². The summed E-state index contributed by atoms with van der Waals surface area (Å²) in [5.74, 6) is -0.975. The molecule has 2 aromatic heterocycles. The van der Waals surface area contributed by atoms with E-state index >= 15 is 0 Å². The molecule has 0 unspecified atom stereocenters. The van der Waals surface area contributed by atoms with E-state index in [1.807, 2.05) is 31.2 Å². The summed E-state index contributed by atoms with van der Waals surface area (Å²) in [6, 6.07) is 10.9. The molecular weight excluding hydrogens is 270 g/mol. The van der Waals surface area contributed by atoms with Crippen LogP contribution in [0, 0.1) is 6.92 Å². The molecule has 1 aromatic carbocycles. The average Bonchev–Trinajstić information content (AvgIpc) is 2.75. The minimum Gasteiger partial charge on any atom is -0.405 e. The van der Waals surface area contributed by atoms with Gasteiger partial charge in [0, 0.05) is 6.20 Å². The maximum absolute atomic E-state index is 12.0. The predicted octanol–water partition coefficient (Wildman–Crippen LogP) is 1.61. The number of aryl methyl sites for hydroxylation is 1. The van der Waals surface area contributed by atoms with Gasteiger partial charge in [0.2, 0.25) is 11.6 Å². The van der Waals surface area contributed by atoms with E-state index in [1.54, 1.807) is 12.1 Å². The van der Waals surface area contributed by atoms with Crippen LogP contribution < -0.4 is 11.2 Å². The van der Waals surface area contributed by atoms with Crippen LogP contribution in [0.15, 0.2) is 51.8 Å². The van der Waals surface area contributed by atoms with Gasteiger partial charge in [0.25, 0.3) is 0 Å². The fraction of sp³-hybridized carbons (Fsp3) is 0.133. The number of benzene rings is 1. The summed E-state index contributed by atoms with van der Waals surface area (Å²) >= 11 is 0. The van der Waals surface area contributed by atoms with Crippen LogP contribution in [-0.2, 0) is 11.2 Å². The molecule has 0 fully saturated rings. The molecule has 1 amide bonds. The Morgan fingerprint density at radius 1 is 1.33 bits per heavy atom. The molecule has 6 heteroatoms. The van der Waals surface area contributed by atoms with Crippen LogP contribution >= 0.6 is 0 Å². The smallest absolute Gasteiger partial charge is 0.405 e. The van der Waals surface area contributed by atoms with Crippen molar-refractivity contribution in [3.8, 4) is 0 Å². The lowest BCUT2D eigenvalue weighted by atomic mass is 10.1. The first-order chi connectivity index (χ1) is 10.1. The molecule has 0 saturated heterocycles. The Kier molecular flexibility index (Phi) is 3.27. The highest BCUT2D eigenvalue weighted by atomic mass is 16.4. The van der Waals surface area contributed by atoms with E-state index in [4.69, 9.17) is 4.42 Å². The van der Waals surface area contributed by atoms with Crippen LogP contribution in [0.25, 0.3) is 11.2 Å². The fourth-order valence-corrected chi connectivity index (χ4v) is 2.13. The number of nitrogens with one attached hydrogen (secondary N) is 1. The van der Waals surface area contributed by atoms with Crippen LogP contribution in [0.3, 0.4) is 0 Å². The number of oxazole rings is 1. The largest absolute Gasteiger partial charge is 0.440 e. The molecule has 3 rings (SSSR count). The van der Waals surface area contributed by atoms with Gasteiger partial charge in [0.1, 0.15) is 0 Å². The van der Waals surface area contributed by atoms with Gasteiger partial charge in [-0.2, -0.15) is 4.68 Å². The molecule has 0 aliphatic rings. The van der Waals surface area contributed by atoms with Crippen LogP contribution in [0.1, 0.15) is 11.1 Å². The number of pyridine rings is 1. The molecule has 21 heavy (non-hydrogen) atoms. The van der Waals surface area contributed by atoms with E-state index < -0.39 is 5.76 Å². The normalized spacial score (nSPS) is 10.7. The molecule has 1 N–H and O–H groups in total. The summed E-state index contributed by atoms with van der Waals surface area (Å²) in [6.07, 6.45) is 1.70. The first-order valence-electron chi connectivity index (χ1n) is 6.45. The number of aromatic nitrogens is 2. The Hall–Kier alpha value is -2.89. The summed E-state index contributed by atoms with van der Waals surface area (Å²) in [4.78, 5) is 27.8. The number of carbonyl (C=O) groups excluding carboxylic acids is 1. The molecule has 0 aliphatic heterocycles. The Morgan fingerprint density at radius 3 is 3.00 bits per heavy atom. The van der Waals surface area contributed by atoms with Gasteiger partial charge in [-0.05, 0) is 24.6 Å². The number of nitrogens with zero attached hydrogens (tertiary/aromatic N) is 2. The van der Waals surface area contributed by atoms with Crippen molar-refractivity contribution in [1.82, 2.24) is 9.66 Å². The van der Waals surface area contributed by atoms with Crippen molar-refractivity contribution in [3.63, 3.8) is 0 Å². The minimum absolute atomic E-state index is 0.174. The zero-order valence-electron chi connectivity index (χ0n) is 11.4. The lowest BCUT2D eigenvalue weighted by Gasteiger charge is -2.05. The summed E-state index contributed by atoms with van der Waals surface area (Å²) in [5.41, 5.74) is 5.09. The molecule has 0 bridgehead atoms. The topological polar surface area (TPSA) is 77.1 Å². The molecule has 0 atom stereocenters. The maximum Gasteiger partial charge on any atom is 0.440 e. The van der Waals surface area contributed by atoms with Crippen molar-refractivity contribution in [2.45, 2.75) is 13.3 Å². The number of rotatable bonds is 3. The third-order valence-corrected chi connectivity index (χ3v) is 3.03. The van der Waals surface area contributed by atoms with E-state index in [0.29, 0.717) is 11.2 Å². The van der Waals surface area contributed by atoms with E-state index in [2.05, 4.69) is 10.4 Å². The van der Waals surface area contributed by atoms with Crippen molar-refractivity contribution in [2.24, 2.45) is 0 Å². The van der Waals surface area contributed by atoms with Gasteiger partial charge in [-0.1, -0.05) is 29.8 Å². The lowest BCUT2D eigenvalue weighted by molar-refractivity contribution is -0.116. The van der Waals surface area contributed by atoms with Crippen molar-refractivity contribution in [3.05, 3.63) is 64.3 Å². The van der Waals surface area contributed by atoms with Crippen LogP contribution in [-0.4, -0.2) is 15.6 Å². The highest BCUT2D eigenvalue weighted by Gasteiger charge is 2.12. The van der Waals surface area contributed by atoms with Crippen LogP contribution in [0.5, 0.6) is 0 Å². The van der Waals surface area contributed by atoms with Crippen molar-refractivity contribution >= 4 is 17.1 Å². The zero-order valence-corrected chi connectivity index (χ0v) is 11.4. The van der Waals surface area contributed by atoms with Gasteiger partial charge in [-0.25, -0.2) is 9.78 Å². The second kappa shape index (κ2) is 5.24. The van der Waals surface area contributed by atoms with Gasteiger partial charge in [-0.15, -0.1) is 0 Å². The van der Waals surface area contributed by atoms with Gasteiger partial charge in [0.15, 0.2) is 5.58 Å². The number of amides is 1. The van der Waals surface area contributed by atoms with Crippen LogP contribution in [0.2, 0.25) is 0 Å². The van der Waals surface area contributed by atoms with E-state index in [0.717, 1.165) is 15.8 Å². The van der Waals surface area contributed by atoms with Crippen LogP contribution in [0.4, 0.5) is 0 Å². The van der Waals surface area contributed by atoms with Gasteiger partial charge in [-0.3, -0.25) is 10.2 Å². The summed E-state index contributed by atoms with van der Waals surface area (Å²) in [5, 5.41) is 0. The molecule has 0 saturated carbocycles. The molecule has 106 valence electrons. The first kappa shape index (κ1) is 13.1. The second-order valence-corrected chi connectivity index (χ2v) is 4.73. The quantitative estimate of drug-likeness (QED) is 0.792. The number of fused-ring (bicyclic) bond motifs is 1. The van der Waals surface area contributed by atoms with Gasteiger partial charge >= 0.3 is 5.76 Å². The van der Waals surface area contributed by atoms with E-state index in [1.165, 1.54) is 6.20 Å². The SMILES string of the molecule is Cc1cccc(CC(=O)Nn2c(=O)oc3cccnc32)c1. The standard InChI is InChI=1S/C15H13N3O3/c1-10-4-2-5-11(8-10)9-13(19)17-18-14-12(21-15(18)20)6-3-7-16-14/h2-8H,9H2,1H3,(H,17,19). The number of hydrogen-bond acceptors (Lipinski definition) is 4. The van der Waals surface area contributed by atoms with Gasteiger partial charge in [0.05, 0.1) is 6.42 Å². The number of hydrogen-bond donors (Lipinski definition) is 1. The summed E-state index contributed by atoms with van der Waals surface area (Å²) < 4.78 is 6.02. The summed E-state index contributed by atoms with van der Waals surface area (Å²) in [7, 11) is 0. The lowest BCUT2D eigenvalue weighted by Crippen LogP contribution is -2.31. The molecule has 2 heterocycles. The highest BCUT2D eigenvalue weighted by Crippen LogP contribution is 2.08. The number of carbonyl (C=O) groups is 1. The Balaban J connectivity index is 1.84. The molecule has 0 aliphatic carbocycles. The molecule has 0 radical (unpaired) electrons. The third-order valence-electron chi connectivity index (χ3n) is 3.03. The molecule has 3 aromatic rings. The second-order valence-electron chi connectivity index (χ2n) is 4.73. The average molecular weight is 283 g/mol. The minimum atomic E-state index is -0.665. The Morgan fingerprint density at radius 2 is 2.19 bits per heavy atom. The summed E-state index contributed by atoms with van der Waals surface area (Å²) in [6.45, 7) is 1.96. The molecular formula is C15H13N3O3. The Bertz CT molecular complexity index is 864. The van der Waals surface area contributed by atoms with E-state index in [9.17, 15) is 9.59 Å². The monoisotopic (exact) mass is 283 g/mol.